The Labute approximate surface area is 843 Å². The predicted molar refractivity (Wildman–Crippen MR) is 523 cm³/mol. The number of ether oxygens (including phenoxy) is 8. The monoisotopic (exact) mass is 2340 g/mol. The zero-order valence-electron chi connectivity index (χ0n) is 71.2. The van der Waals surface area contributed by atoms with Crippen molar-refractivity contribution in [3.05, 3.63) is 319 Å². The van der Waals surface area contributed by atoms with Gasteiger partial charge in [0.25, 0.3) is 0 Å². The van der Waals surface area contributed by atoms with Gasteiger partial charge in [-0.2, -0.15) is 0 Å². The van der Waals surface area contributed by atoms with Gasteiger partial charge in [-0.25, -0.2) is 0 Å². The highest BCUT2D eigenvalue weighted by Gasteiger charge is 2.60. The zero-order chi connectivity index (χ0) is 96.3. The summed E-state index contributed by atoms with van der Waals surface area (Å²) in [7, 11) is 0. The first kappa shape index (κ1) is 96.3. The van der Waals surface area contributed by atoms with Gasteiger partial charge in [-0.1, -0.05) is 194 Å². The maximum atomic E-state index is 12.3. The van der Waals surface area contributed by atoms with E-state index in [4.69, 9.17) is 37.9 Å². The number of rotatable bonds is 0. The second-order valence-electron chi connectivity index (χ2n) is 33.7. The molecule has 8 spiro atoms. The molecule has 32 heteroatoms. The van der Waals surface area contributed by atoms with Crippen LogP contribution in [0.2, 0.25) is 0 Å². The van der Waals surface area contributed by atoms with Crippen LogP contribution in [-0.4, -0.2) is 94.0 Å². The lowest BCUT2D eigenvalue weighted by Crippen LogP contribution is -2.38. The number of carbonyl (C=O) groups excluding carboxylic acids is 16. The molecule has 0 unspecified atom stereocenters. The van der Waals surface area contributed by atoms with E-state index in [-0.39, 0.29) is 94.0 Å². The second kappa shape index (κ2) is 38.2. The van der Waals surface area contributed by atoms with Crippen LogP contribution in [0.5, 0.6) is 0 Å². The van der Waals surface area contributed by atoms with Gasteiger partial charge in [0.2, 0.25) is 91.1 Å². The number of carbonyl (C=O) groups is 16. The first-order valence-corrected chi connectivity index (χ1v) is 49.3. The van der Waals surface area contributed by atoms with Crippen LogP contribution in [0.15, 0.2) is 230 Å². The first-order valence-electron chi connectivity index (χ1n) is 42.9. The van der Waals surface area contributed by atoms with E-state index in [1.165, 1.54) is 0 Å². The Morgan fingerprint density at radius 1 is 0.154 bits per heavy atom. The van der Waals surface area contributed by atoms with E-state index in [0.29, 0.717) is 139 Å². The van der Waals surface area contributed by atoms with Gasteiger partial charge in [0.1, 0.15) is 0 Å². The molecule has 0 amide bonds. The number of ketones is 8. The van der Waals surface area contributed by atoms with E-state index in [1.807, 2.05) is 194 Å². The van der Waals surface area contributed by atoms with Gasteiger partial charge >= 0.3 is 47.8 Å². The molecular formula is C104H72Br8O24. The second-order valence-corrected chi connectivity index (χ2v) is 40.5. The van der Waals surface area contributed by atoms with Crippen molar-refractivity contribution >= 4 is 270 Å². The van der Waals surface area contributed by atoms with E-state index in [1.54, 1.807) is 48.6 Å². The van der Waals surface area contributed by atoms with E-state index in [9.17, 15) is 76.7 Å². The Morgan fingerprint density at radius 2 is 0.250 bits per heavy atom. The average molecular weight is 2340 g/mol. The summed E-state index contributed by atoms with van der Waals surface area (Å²) in [6.07, 6.45) is 19.9. The molecule has 24 rings (SSSR count). The minimum Gasteiger partial charge on any atom is -0.446 e. The number of esters is 8. The fourth-order valence-electron chi connectivity index (χ4n) is 19.5. The summed E-state index contributed by atoms with van der Waals surface area (Å²) in [5.41, 5.74) is 4.96. The van der Waals surface area contributed by atoms with Crippen LogP contribution in [-0.2, 0) is 159 Å². The first-order chi connectivity index (χ1) is 65.1. The molecule has 8 aromatic carbocycles. The molecule has 0 aromatic heterocycles. The van der Waals surface area contributed by atoms with E-state index in [0.717, 1.165) is 89.0 Å². The molecule has 8 aromatic rings. The van der Waals surface area contributed by atoms with E-state index >= 15 is 0 Å². The SMILES string of the molecule is O=C1CC[C@@]2(O1)C(=O)C(Br)=Cc1ccccc12.O=C1CC[C@@]2(O1)C(=O)C(Br)=Cc1ccccc12.O=C1CC[C@@]2(O1)C(=O)C(Br)=Cc1ccccc12.O=C1CC[C@@]2(O1)C(=O)C(Br)=Cc1ccccc12.O=C1CC[C@@]2(O1)C(=O)C(Br)=Cc1ccccc12.O=C1CC[C@@]2(O1)C(=O)C(Br)=Cc1ccccc12.O=C1CC[C@@]2(O1)C(=O)C(Br)=Cc1ccccc12.O=C1CC[C@@]2(O1)C(=O)C(Br)=Cc1ccccc12. The number of benzene rings is 8. The van der Waals surface area contributed by atoms with E-state index < -0.39 is 44.8 Å². The molecule has 8 saturated heterocycles. The molecule has 688 valence electrons. The van der Waals surface area contributed by atoms with Gasteiger partial charge < -0.3 is 37.9 Å². The quantitative estimate of drug-likeness (QED) is 0.100. The maximum absolute atomic E-state index is 12.3. The topological polar surface area (TPSA) is 347 Å². The van der Waals surface area contributed by atoms with Crippen LogP contribution in [0.3, 0.4) is 0 Å². The predicted octanol–water partition coefficient (Wildman–Crippen LogP) is 20.3. The summed E-state index contributed by atoms with van der Waals surface area (Å²) in [6.45, 7) is 0. The summed E-state index contributed by atoms with van der Waals surface area (Å²) in [5.74, 6) is -3.80. The lowest BCUT2D eigenvalue weighted by molar-refractivity contribution is -0.156. The number of halogens is 8. The van der Waals surface area contributed by atoms with Crippen molar-refractivity contribution in [2.75, 3.05) is 0 Å². The molecule has 8 aliphatic heterocycles. The fraction of sp³-hybridized carbons (Fsp3) is 0.231. The largest absolute Gasteiger partial charge is 0.446 e. The zero-order valence-corrected chi connectivity index (χ0v) is 83.9. The standard InChI is InChI=1S/8C13H9BrO3/c8*14-10-7-8-3-1-2-4-9(8)13(12(10)16)6-5-11(15)17-13/h8*1-4,7H,5-6H2/t8*13-/m00000000/s1. The molecule has 8 fully saturated rings. The molecule has 0 bridgehead atoms. The normalized spacial score (nSPS) is 26.8. The van der Waals surface area contributed by atoms with Crippen LogP contribution in [0, 0.1) is 0 Å². The average Bonchev–Trinajstić information content (AvgIpc) is 1.69. The lowest BCUT2D eigenvalue weighted by Gasteiger charge is -2.31. The number of hydrogen-bond acceptors (Lipinski definition) is 24. The van der Waals surface area contributed by atoms with Crippen molar-refractivity contribution in [1.29, 1.82) is 0 Å². The number of Topliss-reactive ketones (excluding diaryl/α,β-unsaturated/α-hetero) is 8. The Morgan fingerprint density at radius 3 is 0.338 bits per heavy atom. The smallest absolute Gasteiger partial charge is 0.307 e. The van der Waals surface area contributed by atoms with Gasteiger partial charge in [0, 0.05) is 95.9 Å². The van der Waals surface area contributed by atoms with E-state index in [2.05, 4.69) is 127 Å². The molecule has 0 N–H and O–H groups in total. The molecule has 0 radical (unpaired) electrons. The number of hydrogen-bond donors (Lipinski definition) is 0. The van der Waals surface area contributed by atoms with Crippen molar-refractivity contribution in [1.82, 2.24) is 0 Å². The molecule has 0 saturated carbocycles. The third-order valence-electron chi connectivity index (χ3n) is 25.8. The Hall–Kier alpha value is -11.4. The van der Waals surface area contributed by atoms with Crippen molar-refractivity contribution in [3.63, 3.8) is 0 Å². The molecule has 8 heterocycles. The molecular weight excluding hydrogens is 2270 g/mol. The van der Waals surface area contributed by atoms with Gasteiger partial charge in [0.05, 0.1) is 87.2 Å². The molecule has 8 atom stereocenters. The van der Waals surface area contributed by atoms with Crippen molar-refractivity contribution < 1.29 is 115 Å². The fourth-order valence-corrected chi connectivity index (χ4v) is 24.0. The highest BCUT2D eigenvalue weighted by Crippen LogP contribution is 2.55. The third kappa shape index (κ3) is 17.2. The summed E-state index contributed by atoms with van der Waals surface area (Å²) in [6, 6.07) is 60.1. The van der Waals surface area contributed by atoms with Crippen LogP contribution in [0.1, 0.15) is 192 Å². The Balaban J connectivity index is 0.000000108. The van der Waals surface area contributed by atoms with Gasteiger partial charge in [-0.05, 0) is 221 Å². The van der Waals surface area contributed by atoms with Crippen molar-refractivity contribution in [3.8, 4) is 0 Å². The highest BCUT2D eigenvalue weighted by molar-refractivity contribution is 9.13. The summed E-state index contributed by atoms with van der Waals surface area (Å²) < 4.78 is 46.4. The summed E-state index contributed by atoms with van der Waals surface area (Å²) in [5, 5.41) is 0. The summed E-state index contributed by atoms with van der Waals surface area (Å²) in [4.78, 5) is 189. The minimum absolute atomic E-state index is 0.165. The van der Waals surface area contributed by atoms with Crippen LogP contribution < -0.4 is 0 Å². The van der Waals surface area contributed by atoms with Gasteiger partial charge in [-0.15, -0.1) is 0 Å². The Kier molecular flexibility index (Phi) is 27.1. The van der Waals surface area contributed by atoms with Gasteiger partial charge in [-0.3, -0.25) is 76.7 Å². The van der Waals surface area contributed by atoms with Crippen LogP contribution in [0.25, 0.3) is 48.6 Å². The molecule has 16 aliphatic rings. The van der Waals surface area contributed by atoms with Crippen LogP contribution >= 0.6 is 127 Å². The highest BCUT2D eigenvalue weighted by atomic mass is 79.9. The number of fused-ring (bicyclic) bond motifs is 16. The molecule has 8 aliphatic carbocycles. The van der Waals surface area contributed by atoms with Crippen molar-refractivity contribution in [2.45, 2.75) is 148 Å². The molecule has 24 nitrogen and oxygen atoms in total. The maximum Gasteiger partial charge on any atom is 0.307 e. The lowest BCUT2D eigenvalue weighted by atomic mass is 9.80. The summed E-state index contributed by atoms with van der Waals surface area (Å²) >= 11 is 26.0. The Bertz CT molecular complexity index is 5710. The van der Waals surface area contributed by atoms with Crippen molar-refractivity contribution in [2.24, 2.45) is 0 Å². The molecule has 136 heavy (non-hydrogen) atoms. The van der Waals surface area contributed by atoms with Gasteiger partial charge in [0.15, 0.2) is 0 Å². The van der Waals surface area contributed by atoms with Crippen LogP contribution in [0.4, 0.5) is 0 Å². The third-order valence-corrected chi connectivity index (χ3v) is 30.6. The minimum atomic E-state index is -1.10.